The molecule has 4 rings (SSSR count). The summed E-state index contributed by atoms with van der Waals surface area (Å²) in [6, 6.07) is 17.2. The molecule has 0 bridgehead atoms. The Labute approximate surface area is 166 Å². The van der Waals surface area contributed by atoms with Crippen LogP contribution in [-0.2, 0) is 24.4 Å². The molecule has 0 unspecified atom stereocenters. The summed E-state index contributed by atoms with van der Waals surface area (Å²) in [5.74, 6) is -0.160. The number of nitrogens with zero attached hydrogens (tertiary/aromatic N) is 5. The van der Waals surface area contributed by atoms with Crippen LogP contribution in [0, 0.1) is 6.92 Å². The number of carbonyl (C=O) groups excluding carboxylic acids is 1. The predicted octanol–water partition coefficient (Wildman–Crippen LogP) is 1.66. The molecule has 0 radical (unpaired) electrons. The van der Waals surface area contributed by atoms with Gasteiger partial charge in [0.2, 0.25) is 5.91 Å². The van der Waals surface area contributed by atoms with Crippen molar-refractivity contribution in [1.82, 2.24) is 29.9 Å². The quantitative estimate of drug-likeness (QED) is 0.542. The van der Waals surface area contributed by atoms with Crippen molar-refractivity contribution in [3.8, 4) is 0 Å². The van der Waals surface area contributed by atoms with Crippen molar-refractivity contribution in [2.24, 2.45) is 0 Å². The summed E-state index contributed by atoms with van der Waals surface area (Å²) in [6.07, 6.45) is 1.68. The van der Waals surface area contributed by atoms with E-state index in [4.69, 9.17) is 0 Å². The van der Waals surface area contributed by atoms with Crippen LogP contribution in [0.2, 0.25) is 0 Å². The molecular weight excluding hydrogens is 368 g/mol. The highest BCUT2D eigenvalue weighted by Gasteiger charge is 2.11. The number of fused-ring (bicyclic) bond motifs is 1. The number of amides is 1. The zero-order valence-electron chi connectivity index (χ0n) is 15.9. The van der Waals surface area contributed by atoms with Crippen LogP contribution in [0.4, 0.5) is 0 Å². The third-order valence-electron chi connectivity index (χ3n) is 4.56. The molecule has 8 nitrogen and oxygen atoms in total. The third kappa shape index (κ3) is 4.21. The highest BCUT2D eigenvalue weighted by Crippen LogP contribution is 2.11. The van der Waals surface area contributed by atoms with Crippen LogP contribution in [-0.4, -0.2) is 30.5 Å². The minimum absolute atomic E-state index is 0.0604. The van der Waals surface area contributed by atoms with Crippen LogP contribution in [0.25, 0.3) is 11.0 Å². The van der Waals surface area contributed by atoms with Crippen LogP contribution >= 0.6 is 0 Å². The second-order valence-electron chi connectivity index (χ2n) is 6.75. The van der Waals surface area contributed by atoms with E-state index in [1.165, 1.54) is 4.68 Å². The summed E-state index contributed by atoms with van der Waals surface area (Å²) < 4.78 is 3.10. The first-order valence-corrected chi connectivity index (χ1v) is 9.26. The first-order chi connectivity index (χ1) is 14.1. The van der Waals surface area contributed by atoms with Gasteiger partial charge in [0.05, 0.1) is 23.8 Å². The summed E-state index contributed by atoms with van der Waals surface area (Å²) in [4.78, 5) is 29.1. The molecule has 0 saturated heterocycles. The molecular formula is C21H20N6O2. The Hall–Kier alpha value is -3.81. The van der Waals surface area contributed by atoms with Crippen molar-refractivity contribution in [2.75, 3.05) is 0 Å². The summed E-state index contributed by atoms with van der Waals surface area (Å²) in [5.41, 5.74) is 3.36. The van der Waals surface area contributed by atoms with Gasteiger partial charge in [0, 0.05) is 6.54 Å². The largest absolute Gasteiger partial charge is 0.350 e. The van der Waals surface area contributed by atoms with Crippen LogP contribution in [0.15, 0.2) is 65.6 Å². The highest BCUT2D eigenvalue weighted by atomic mass is 16.2. The van der Waals surface area contributed by atoms with E-state index >= 15 is 0 Å². The maximum atomic E-state index is 12.6. The number of rotatable bonds is 6. The Balaban J connectivity index is 1.46. The van der Waals surface area contributed by atoms with Gasteiger partial charge in [-0.3, -0.25) is 14.2 Å². The van der Waals surface area contributed by atoms with Crippen molar-refractivity contribution in [2.45, 2.75) is 26.6 Å². The van der Waals surface area contributed by atoms with E-state index < -0.39 is 0 Å². The van der Waals surface area contributed by atoms with Crippen molar-refractivity contribution >= 4 is 16.9 Å². The second-order valence-corrected chi connectivity index (χ2v) is 6.75. The lowest BCUT2D eigenvalue weighted by molar-refractivity contribution is -0.122. The molecule has 8 heteroatoms. The molecule has 1 N–H and O–H groups in total. The fourth-order valence-electron chi connectivity index (χ4n) is 3.13. The topological polar surface area (TPSA) is 94.7 Å². The Morgan fingerprint density at radius 3 is 2.66 bits per heavy atom. The molecule has 29 heavy (non-hydrogen) atoms. The average molecular weight is 388 g/mol. The molecule has 1 amide bonds. The van der Waals surface area contributed by atoms with Crippen molar-refractivity contribution in [1.29, 1.82) is 0 Å². The standard InChI is InChI=1S/C21H20N6O2/c1-15-21(29)27(19-10-6-5-9-18(19)23-15)13-17-12-26(25-24-17)14-20(28)22-11-16-7-3-2-4-8-16/h2-10,12H,11,13-14H2,1H3,(H,22,28). The lowest BCUT2D eigenvalue weighted by atomic mass is 10.2. The molecule has 4 aromatic rings. The van der Waals surface area contributed by atoms with Gasteiger partial charge in [0.15, 0.2) is 0 Å². The van der Waals surface area contributed by atoms with Crippen molar-refractivity contribution in [3.05, 3.63) is 88.1 Å². The van der Waals surface area contributed by atoms with E-state index in [1.807, 2.05) is 54.6 Å². The number of carbonyl (C=O) groups is 1. The molecule has 2 aromatic carbocycles. The average Bonchev–Trinajstić information content (AvgIpc) is 3.17. The summed E-state index contributed by atoms with van der Waals surface area (Å²) >= 11 is 0. The molecule has 0 saturated carbocycles. The monoisotopic (exact) mass is 388 g/mol. The number of hydrogen-bond acceptors (Lipinski definition) is 5. The van der Waals surface area contributed by atoms with E-state index in [0.29, 0.717) is 17.9 Å². The number of aryl methyl sites for hydroxylation is 1. The van der Waals surface area contributed by atoms with E-state index in [0.717, 1.165) is 16.6 Å². The van der Waals surface area contributed by atoms with Gasteiger partial charge in [-0.15, -0.1) is 5.10 Å². The molecule has 0 aliphatic rings. The van der Waals surface area contributed by atoms with E-state index in [2.05, 4.69) is 20.6 Å². The molecule has 2 heterocycles. The maximum absolute atomic E-state index is 12.6. The SMILES string of the molecule is Cc1nc2ccccc2n(Cc2cn(CC(=O)NCc3ccccc3)nn2)c1=O. The van der Waals surface area contributed by atoms with Gasteiger partial charge in [-0.05, 0) is 24.6 Å². The fourth-order valence-corrected chi connectivity index (χ4v) is 3.13. The van der Waals surface area contributed by atoms with Crippen LogP contribution in [0.5, 0.6) is 0 Å². The molecule has 0 aliphatic carbocycles. The Morgan fingerprint density at radius 2 is 1.83 bits per heavy atom. The van der Waals surface area contributed by atoms with E-state index in [9.17, 15) is 9.59 Å². The normalized spacial score (nSPS) is 10.9. The summed E-state index contributed by atoms with van der Waals surface area (Å²) in [6.45, 7) is 2.47. The lowest BCUT2D eigenvalue weighted by Crippen LogP contribution is -2.27. The van der Waals surface area contributed by atoms with Crippen molar-refractivity contribution < 1.29 is 4.79 Å². The van der Waals surface area contributed by atoms with Gasteiger partial charge < -0.3 is 5.32 Å². The minimum Gasteiger partial charge on any atom is -0.350 e. The third-order valence-corrected chi connectivity index (χ3v) is 4.56. The predicted molar refractivity (Wildman–Crippen MR) is 108 cm³/mol. The molecule has 0 atom stereocenters. The first-order valence-electron chi connectivity index (χ1n) is 9.26. The molecule has 0 aliphatic heterocycles. The minimum atomic E-state index is -0.168. The highest BCUT2D eigenvalue weighted by molar-refractivity contribution is 5.75. The zero-order valence-corrected chi connectivity index (χ0v) is 15.9. The van der Waals surface area contributed by atoms with Gasteiger partial charge in [-0.25, -0.2) is 9.67 Å². The van der Waals surface area contributed by atoms with Gasteiger partial charge in [-0.1, -0.05) is 47.7 Å². The zero-order chi connectivity index (χ0) is 20.2. The number of nitrogens with one attached hydrogen (secondary N) is 1. The van der Waals surface area contributed by atoms with Crippen LogP contribution in [0.1, 0.15) is 17.0 Å². The van der Waals surface area contributed by atoms with Gasteiger partial charge in [0.1, 0.15) is 17.9 Å². The Kier molecular flexibility index (Phi) is 5.15. The molecule has 0 fully saturated rings. The molecule has 2 aromatic heterocycles. The van der Waals surface area contributed by atoms with Gasteiger partial charge in [0.25, 0.3) is 5.56 Å². The Bertz CT molecular complexity index is 1210. The van der Waals surface area contributed by atoms with E-state index in [1.54, 1.807) is 17.7 Å². The van der Waals surface area contributed by atoms with E-state index in [-0.39, 0.29) is 24.6 Å². The smallest absolute Gasteiger partial charge is 0.272 e. The molecule has 0 spiro atoms. The number of para-hydroxylation sites is 2. The maximum Gasteiger partial charge on any atom is 0.272 e. The molecule has 146 valence electrons. The van der Waals surface area contributed by atoms with Gasteiger partial charge >= 0.3 is 0 Å². The fraction of sp³-hybridized carbons (Fsp3) is 0.190. The number of aromatic nitrogens is 5. The van der Waals surface area contributed by atoms with Crippen LogP contribution in [0.3, 0.4) is 0 Å². The number of hydrogen-bond donors (Lipinski definition) is 1. The Morgan fingerprint density at radius 1 is 1.07 bits per heavy atom. The first kappa shape index (κ1) is 18.5. The summed E-state index contributed by atoms with van der Waals surface area (Å²) in [5, 5.41) is 11.0. The van der Waals surface area contributed by atoms with Gasteiger partial charge in [-0.2, -0.15) is 0 Å². The lowest BCUT2D eigenvalue weighted by Gasteiger charge is -2.09. The van der Waals surface area contributed by atoms with Crippen molar-refractivity contribution in [3.63, 3.8) is 0 Å². The second kappa shape index (κ2) is 8.05. The number of benzene rings is 2. The summed E-state index contributed by atoms with van der Waals surface area (Å²) in [7, 11) is 0. The van der Waals surface area contributed by atoms with Crippen LogP contribution < -0.4 is 10.9 Å².